The maximum Gasteiger partial charge on any atom is 0.132 e. The van der Waals surface area contributed by atoms with Gasteiger partial charge in [0.1, 0.15) is 17.7 Å². The number of hydrogen-bond acceptors (Lipinski definition) is 2. The zero-order valence-electron chi connectivity index (χ0n) is 10.8. The Hall–Kier alpha value is -1.65. The van der Waals surface area contributed by atoms with Crippen LogP contribution in [0.4, 0.5) is 14.5 Å². The third-order valence-electron chi connectivity index (χ3n) is 3.02. The molecule has 0 aromatic heterocycles. The molecule has 2 aromatic rings. The summed E-state index contributed by atoms with van der Waals surface area (Å²) in [7, 11) is 0. The van der Waals surface area contributed by atoms with E-state index in [9.17, 15) is 13.9 Å². The normalized spacial score (nSPS) is 12.2. The molecule has 0 fully saturated rings. The maximum atomic E-state index is 13.5. The summed E-state index contributed by atoms with van der Waals surface area (Å²) in [6, 6.07) is 8.76. The number of benzene rings is 2. The van der Waals surface area contributed by atoms with E-state index in [1.165, 1.54) is 6.07 Å². The van der Waals surface area contributed by atoms with Gasteiger partial charge in [0.25, 0.3) is 0 Å². The highest BCUT2D eigenvalue weighted by atomic mass is 35.5. The van der Waals surface area contributed by atoms with Gasteiger partial charge in [-0.1, -0.05) is 23.7 Å². The molecule has 1 atom stereocenters. The van der Waals surface area contributed by atoms with E-state index in [0.717, 1.165) is 17.7 Å². The second kappa shape index (κ2) is 6.20. The number of halogens is 3. The van der Waals surface area contributed by atoms with Crippen molar-refractivity contribution in [2.24, 2.45) is 0 Å². The van der Waals surface area contributed by atoms with Gasteiger partial charge in [0.05, 0.1) is 5.56 Å². The Morgan fingerprint density at radius 2 is 1.85 bits per heavy atom. The van der Waals surface area contributed by atoms with Gasteiger partial charge in [0.15, 0.2) is 0 Å². The Bertz CT molecular complexity index is 599. The number of hydrogen-bond donors (Lipinski definition) is 2. The van der Waals surface area contributed by atoms with Crippen molar-refractivity contribution in [2.75, 3.05) is 11.9 Å². The first kappa shape index (κ1) is 14.8. The summed E-state index contributed by atoms with van der Waals surface area (Å²) >= 11 is 5.88. The van der Waals surface area contributed by atoms with Crippen LogP contribution in [0.25, 0.3) is 0 Å². The average Bonchev–Trinajstić information content (AvgIpc) is 2.39. The van der Waals surface area contributed by atoms with Crippen LogP contribution in [-0.4, -0.2) is 11.7 Å². The number of anilines is 1. The van der Waals surface area contributed by atoms with Crippen molar-refractivity contribution in [3.05, 3.63) is 64.2 Å². The van der Waals surface area contributed by atoms with Gasteiger partial charge in [0.2, 0.25) is 0 Å². The van der Waals surface area contributed by atoms with E-state index >= 15 is 0 Å². The van der Waals surface area contributed by atoms with E-state index in [1.807, 2.05) is 13.0 Å². The molecule has 2 N–H and O–H groups in total. The van der Waals surface area contributed by atoms with Crippen LogP contribution in [0.5, 0.6) is 0 Å². The largest absolute Gasteiger partial charge is 0.386 e. The lowest BCUT2D eigenvalue weighted by molar-refractivity contribution is 0.181. The first-order valence-corrected chi connectivity index (χ1v) is 6.49. The number of aliphatic hydroxyl groups excluding tert-OH is 1. The molecule has 0 radical (unpaired) electrons. The quantitative estimate of drug-likeness (QED) is 0.891. The monoisotopic (exact) mass is 297 g/mol. The zero-order chi connectivity index (χ0) is 14.7. The summed E-state index contributed by atoms with van der Waals surface area (Å²) in [5.74, 6) is -1.52. The molecule has 0 amide bonds. The molecule has 0 aliphatic carbocycles. The van der Waals surface area contributed by atoms with Crippen LogP contribution in [0.15, 0.2) is 36.4 Å². The first-order chi connectivity index (χ1) is 9.49. The van der Waals surface area contributed by atoms with Crippen molar-refractivity contribution >= 4 is 17.3 Å². The molecule has 0 saturated heterocycles. The van der Waals surface area contributed by atoms with E-state index < -0.39 is 17.7 Å². The highest BCUT2D eigenvalue weighted by Crippen LogP contribution is 2.24. The molecule has 0 heterocycles. The van der Waals surface area contributed by atoms with Crippen LogP contribution in [0.3, 0.4) is 0 Å². The molecule has 5 heteroatoms. The maximum absolute atomic E-state index is 13.5. The minimum Gasteiger partial charge on any atom is -0.386 e. The molecule has 1 unspecified atom stereocenters. The molecule has 0 bridgehead atoms. The summed E-state index contributed by atoms with van der Waals surface area (Å²) in [6.07, 6.45) is -1.28. The lowest BCUT2D eigenvalue weighted by Crippen LogP contribution is -2.15. The van der Waals surface area contributed by atoms with Crippen LogP contribution >= 0.6 is 11.6 Å². The van der Waals surface area contributed by atoms with Gasteiger partial charge >= 0.3 is 0 Å². The SMILES string of the molecule is Cc1ccc(Cl)cc1NCC(O)c1c(F)cccc1F. The summed E-state index contributed by atoms with van der Waals surface area (Å²) < 4.78 is 27.0. The molecule has 20 heavy (non-hydrogen) atoms. The smallest absolute Gasteiger partial charge is 0.132 e. The molecule has 0 aliphatic heterocycles. The van der Waals surface area contributed by atoms with E-state index in [1.54, 1.807) is 12.1 Å². The van der Waals surface area contributed by atoms with Crippen molar-refractivity contribution in [3.8, 4) is 0 Å². The Labute approximate surface area is 121 Å². The molecule has 106 valence electrons. The van der Waals surface area contributed by atoms with Crippen LogP contribution in [0.2, 0.25) is 5.02 Å². The van der Waals surface area contributed by atoms with Crippen LogP contribution < -0.4 is 5.32 Å². The number of rotatable bonds is 4. The molecule has 0 spiro atoms. The van der Waals surface area contributed by atoms with E-state index in [-0.39, 0.29) is 12.1 Å². The van der Waals surface area contributed by atoms with Crippen molar-refractivity contribution < 1.29 is 13.9 Å². The topological polar surface area (TPSA) is 32.3 Å². The first-order valence-electron chi connectivity index (χ1n) is 6.11. The third kappa shape index (κ3) is 3.26. The van der Waals surface area contributed by atoms with Crippen LogP contribution in [-0.2, 0) is 0 Å². The molecule has 2 aromatic carbocycles. The molecule has 0 aliphatic rings. The summed E-state index contributed by atoms with van der Waals surface area (Å²) in [4.78, 5) is 0. The minimum absolute atomic E-state index is 0.0148. The molecule has 0 saturated carbocycles. The van der Waals surface area contributed by atoms with E-state index in [4.69, 9.17) is 11.6 Å². The molecule has 2 rings (SSSR count). The van der Waals surface area contributed by atoms with Crippen molar-refractivity contribution in [1.29, 1.82) is 0 Å². The van der Waals surface area contributed by atoms with Gasteiger partial charge < -0.3 is 10.4 Å². The van der Waals surface area contributed by atoms with Crippen molar-refractivity contribution in [1.82, 2.24) is 0 Å². The van der Waals surface area contributed by atoms with Gasteiger partial charge in [-0.15, -0.1) is 0 Å². The van der Waals surface area contributed by atoms with Gasteiger partial charge in [0, 0.05) is 17.3 Å². The van der Waals surface area contributed by atoms with Gasteiger partial charge in [-0.3, -0.25) is 0 Å². The summed E-state index contributed by atoms with van der Waals surface area (Å²) in [5, 5.41) is 13.4. The number of aryl methyl sites for hydroxylation is 1. The second-order valence-corrected chi connectivity index (χ2v) is 4.93. The molecule has 2 nitrogen and oxygen atoms in total. The lowest BCUT2D eigenvalue weighted by atomic mass is 10.1. The van der Waals surface area contributed by atoms with E-state index in [0.29, 0.717) is 10.7 Å². The number of nitrogens with one attached hydrogen (secondary N) is 1. The Balaban J connectivity index is 2.13. The van der Waals surface area contributed by atoms with Gasteiger partial charge in [-0.25, -0.2) is 8.78 Å². The zero-order valence-corrected chi connectivity index (χ0v) is 11.6. The summed E-state index contributed by atoms with van der Waals surface area (Å²) in [5.41, 5.74) is 1.31. The van der Waals surface area contributed by atoms with Crippen LogP contribution in [0.1, 0.15) is 17.2 Å². The Morgan fingerprint density at radius 1 is 1.20 bits per heavy atom. The lowest BCUT2D eigenvalue weighted by Gasteiger charge is -2.16. The Kier molecular flexibility index (Phi) is 4.57. The number of aliphatic hydroxyl groups is 1. The fourth-order valence-electron chi connectivity index (χ4n) is 1.92. The third-order valence-corrected chi connectivity index (χ3v) is 3.25. The minimum atomic E-state index is -1.28. The predicted octanol–water partition coefficient (Wildman–Crippen LogP) is 4.07. The highest BCUT2D eigenvalue weighted by Gasteiger charge is 2.17. The average molecular weight is 298 g/mol. The Morgan fingerprint density at radius 3 is 2.50 bits per heavy atom. The van der Waals surface area contributed by atoms with Crippen molar-refractivity contribution in [3.63, 3.8) is 0 Å². The van der Waals surface area contributed by atoms with E-state index in [2.05, 4.69) is 5.32 Å². The molecular weight excluding hydrogens is 284 g/mol. The molecular formula is C15H14ClF2NO. The van der Waals surface area contributed by atoms with Gasteiger partial charge in [-0.2, -0.15) is 0 Å². The van der Waals surface area contributed by atoms with Gasteiger partial charge in [-0.05, 0) is 36.8 Å². The fourth-order valence-corrected chi connectivity index (χ4v) is 2.09. The standard InChI is InChI=1S/C15H14ClF2NO/c1-9-5-6-10(16)7-13(9)19-8-14(20)15-11(17)3-2-4-12(15)18/h2-7,14,19-20H,8H2,1H3. The fraction of sp³-hybridized carbons (Fsp3) is 0.200. The second-order valence-electron chi connectivity index (χ2n) is 4.49. The summed E-state index contributed by atoms with van der Waals surface area (Å²) in [6.45, 7) is 1.85. The van der Waals surface area contributed by atoms with Crippen molar-refractivity contribution in [2.45, 2.75) is 13.0 Å². The predicted molar refractivity (Wildman–Crippen MR) is 76.0 cm³/mol. The highest BCUT2D eigenvalue weighted by molar-refractivity contribution is 6.30. The van der Waals surface area contributed by atoms with Crippen LogP contribution in [0, 0.1) is 18.6 Å².